The predicted octanol–water partition coefficient (Wildman–Crippen LogP) is 4.07. The number of benzene rings is 2. The number of nitro benzene ring substituents is 1. The second-order valence-corrected chi connectivity index (χ2v) is 4.69. The molecule has 0 aliphatic heterocycles. The summed E-state index contributed by atoms with van der Waals surface area (Å²) < 4.78 is 31.7. The third-order valence-electron chi connectivity index (χ3n) is 3.06. The van der Waals surface area contributed by atoms with Crippen molar-refractivity contribution in [1.29, 1.82) is 0 Å². The Morgan fingerprint density at radius 3 is 2.29 bits per heavy atom. The standard InChI is InChI=1S/C15H13F2NO3/c1-9-5-13(6-10(2)15(9)18(19)20)21-8-11-3-4-12(16)7-14(11)17/h3-7H,8H2,1-2H3. The third-order valence-corrected chi connectivity index (χ3v) is 3.06. The first-order valence-corrected chi connectivity index (χ1v) is 6.21. The van der Waals surface area contributed by atoms with Gasteiger partial charge in [-0.3, -0.25) is 10.1 Å². The van der Waals surface area contributed by atoms with Gasteiger partial charge in [-0.2, -0.15) is 0 Å². The molecule has 110 valence electrons. The lowest BCUT2D eigenvalue weighted by molar-refractivity contribution is -0.386. The van der Waals surface area contributed by atoms with Crippen LogP contribution in [-0.2, 0) is 6.61 Å². The summed E-state index contributed by atoms with van der Waals surface area (Å²) in [4.78, 5) is 10.4. The van der Waals surface area contributed by atoms with Crippen LogP contribution in [0.25, 0.3) is 0 Å². The van der Waals surface area contributed by atoms with Gasteiger partial charge in [0.15, 0.2) is 0 Å². The van der Waals surface area contributed by atoms with Gasteiger partial charge >= 0.3 is 0 Å². The van der Waals surface area contributed by atoms with E-state index >= 15 is 0 Å². The van der Waals surface area contributed by atoms with E-state index < -0.39 is 16.6 Å². The molecular weight excluding hydrogens is 280 g/mol. The largest absolute Gasteiger partial charge is 0.489 e. The number of hydrogen-bond donors (Lipinski definition) is 0. The second kappa shape index (κ2) is 5.87. The summed E-state index contributed by atoms with van der Waals surface area (Å²) in [5, 5.41) is 10.9. The summed E-state index contributed by atoms with van der Waals surface area (Å²) in [5.74, 6) is -0.942. The van der Waals surface area contributed by atoms with Crippen molar-refractivity contribution in [3.63, 3.8) is 0 Å². The van der Waals surface area contributed by atoms with Gasteiger partial charge in [0, 0.05) is 22.8 Å². The molecule has 21 heavy (non-hydrogen) atoms. The molecule has 0 amide bonds. The van der Waals surface area contributed by atoms with Crippen LogP contribution in [0.15, 0.2) is 30.3 Å². The summed E-state index contributed by atoms with van der Waals surface area (Å²) in [5.41, 5.74) is 1.18. The first kappa shape index (κ1) is 14.9. The molecule has 2 rings (SSSR count). The highest BCUT2D eigenvalue weighted by molar-refractivity contribution is 5.51. The van der Waals surface area contributed by atoms with E-state index in [0.717, 1.165) is 12.1 Å². The van der Waals surface area contributed by atoms with E-state index in [2.05, 4.69) is 0 Å². The molecule has 0 unspecified atom stereocenters. The van der Waals surface area contributed by atoms with Crippen LogP contribution in [0.2, 0.25) is 0 Å². The van der Waals surface area contributed by atoms with Crippen molar-refractivity contribution in [2.24, 2.45) is 0 Å². The van der Waals surface area contributed by atoms with Crippen LogP contribution >= 0.6 is 0 Å². The molecule has 2 aromatic rings. The lowest BCUT2D eigenvalue weighted by Gasteiger charge is -2.09. The Balaban J connectivity index is 2.19. The SMILES string of the molecule is Cc1cc(OCc2ccc(F)cc2F)cc(C)c1[N+](=O)[O-]. The highest BCUT2D eigenvalue weighted by Gasteiger charge is 2.16. The summed E-state index contributed by atoms with van der Waals surface area (Å²) in [7, 11) is 0. The van der Waals surface area contributed by atoms with Gasteiger partial charge in [0.05, 0.1) is 4.92 Å². The third kappa shape index (κ3) is 3.34. The molecule has 0 spiro atoms. The van der Waals surface area contributed by atoms with Crippen LogP contribution in [0.3, 0.4) is 0 Å². The first-order valence-electron chi connectivity index (χ1n) is 6.21. The van der Waals surface area contributed by atoms with E-state index in [4.69, 9.17) is 4.74 Å². The Bertz CT molecular complexity index is 678. The van der Waals surface area contributed by atoms with Gasteiger partial charge in [-0.25, -0.2) is 8.78 Å². The average Bonchev–Trinajstić information content (AvgIpc) is 2.36. The molecule has 0 aliphatic rings. The van der Waals surface area contributed by atoms with Crippen molar-refractivity contribution in [2.45, 2.75) is 20.5 Å². The topological polar surface area (TPSA) is 52.4 Å². The van der Waals surface area contributed by atoms with Crippen LogP contribution in [0.4, 0.5) is 14.5 Å². The van der Waals surface area contributed by atoms with Gasteiger partial charge in [-0.1, -0.05) is 0 Å². The minimum absolute atomic E-state index is 0.0373. The van der Waals surface area contributed by atoms with Gasteiger partial charge in [-0.05, 0) is 38.1 Å². The van der Waals surface area contributed by atoms with E-state index in [1.165, 1.54) is 18.2 Å². The van der Waals surface area contributed by atoms with Gasteiger partial charge in [-0.15, -0.1) is 0 Å². The number of hydrogen-bond acceptors (Lipinski definition) is 3. The van der Waals surface area contributed by atoms with Crippen LogP contribution in [-0.4, -0.2) is 4.92 Å². The maximum atomic E-state index is 13.5. The molecule has 0 saturated heterocycles. The molecule has 4 nitrogen and oxygen atoms in total. The minimum Gasteiger partial charge on any atom is -0.489 e. The zero-order valence-corrected chi connectivity index (χ0v) is 11.5. The van der Waals surface area contributed by atoms with Crippen LogP contribution < -0.4 is 4.74 Å². The lowest BCUT2D eigenvalue weighted by Crippen LogP contribution is -2.01. The van der Waals surface area contributed by atoms with Crippen molar-refractivity contribution in [1.82, 2.24) is 0 Å². The molecule has 0 aromatic heterocycles. The molecule has 0 radical (unpaired) electrons. The Labute approximate surface area is 120 Å². The minimum atomic E-state index is -0.689. The number of nitrogens with zero attached hydrogens (tertiary/aromatic N) is 1. The molecule has 0 fully saturated rings. The Hall–Kier alpha value is -2.50. The van der Waals surface area contributed by atoms with Crippen molar-refractivity contribution in [2.75, 3.05) is 0 Å². The fourth-order valence-corrected chi connectivity index (χ4v) is 2.09. The van der Waals surface area contributed by atoms with Gasteiger partial charge in [0.25, 0.3) is 5.69 Å². The van der Waals surface area contributed by atoms with E-state index in [-0.39, 0.29) is 17.9 Å². The lowest BCUT2D eigenvalue weighted by atomic mass is 10.1. The fourth-order valence-electron chi connectivity index (χ4n) is 2.09. The van der Waals surface area contributed by atoms with E-state index in [1.807, 2.05) is 0 Å². The maximum Gasteiger partial charge on any atom is 0.275 e. The average molecular weight is 293 g/mol. The van der Waals surface area contributed by atoms with Crippen LogP contribution in [0.5, 0.6) is 5.75 Å². The quantitative estimate of drug-likeness (QED) is 0.630. The molecular formula is C15H13F2NO3. The van der Waals surface area contributed by atoms with Crippen LogP contribution in [0, 0.1) is 35.6 Å². The Morgan fingerprint density at radius 1 is 1.14 bits per heavy atom. The molecule has 0 atom stereocenters. The molecule has 0 N–H and O–H groups in total. The van der Waals surface area contributed by atoms with Crippen molar-refractivity contribution >= 4 is 5.69 Å². The number of rotatable bonds is 4. The van der Waals surface area contributed by atoms with Gasteiger partial charge in [0.2, 0.25) is 0 Å². The molecule has 0 heterocycles. The monoisotopic (exact) mass is 293 g/mol. The molecule has 0 saturated carbocycles. The highest BCUT2D eigenvalue weighted by atomic mass is 19.1. The van der Waals surface area contributed by atoms with Crippen molar-refractivity contribution in [3.05, 3.63) is 68.8 Å². The zero-order chi connectivity index (χ0) is 15.6. The summed E-state index contributed by atoms with van der Waals surface area (Å²) in [6, 6.07) is 6.27. The Morgan fingerprint density at radius 2 is 1.76 bits per heavy atom. The highest BCUT2D eigenvalue weighted by Crippen LogP contribution is 2.28. The summed E-state index contributed by atoms with van der Waals surface area (Å²) in [6.45, 7) is 3.13. The fraction of sp³-hybridized carbons (Fsp3) is 0.200. The molecule has 0 bridgehead atoms. The second-order valence-electron chi connectivity index (χ2n) is 4.69. The molecule has 2 aromatic carbocycles. The first-order chi connectivity index (χ1) is 9.88. The van der Waals surface area contributed by atoms with Crippen LogP contribution in [0.1, 0.15) is 16.7 Å². The van der Waals surface area contributed by atoms with Crippen molar-refractivity contribution in [3.8, 4) is 5.75 Å². The Kier molecular flexibility index (Phi) is 4.16. The van der Waals surface area contributed by atoms with E-state index in [9.17, 15) is 18.9 Å². The van der Waals surface area contributed by atoms with E-state index in [0.29, 0.717) is 16.9 Å². The maximum absolute atomic E-state index is 13.5. The number of aryl methyl sites for hydroxylation is 2. The van der Waals surface area contributed by atoms with Crippen molar-refractivity contribution < 1.29 is 18.4 Å². The molecule has 0 aliphatic carbocycles. The number of halogens is 2. The van der Waals surface area contributed by atoms with Gasteiger partial charge in [0.1, 0.15) is 24.0 Å². The summed E-state index contributed by atoms with van der Waals surface area (Å²) >= 11 is 0. The van der Waals surface area contributed by atoms with Gasteiger partial charge < -0.3 is 4.74 Å². The smallest absolute Gasteiger partial charge is 0.275 e. The van der Waals surface area contributed by atoms with E-state index in [1.54, 1.807) is 13.8 Å². The molecule has 6 heteroatoms. The summed E-state index contributed by atoms with van der Waals surface area (Å²) in [6.07, 6.45) is 0. The normalized spacial score (nSPS) is 10.5. The predicted molar refractivity (Wildman–Crippen MR) is 73.3 cm³/mol. The number of ether oxygens (including phenoxy) is 1. The zero-order valence-electron chi connectivity index (χ0n) is 11.5. The number of nitro groups is 1.